The molecule has 9 nitrogen and oxygen atoms in total. The van der Waals surface area contributed by atoms with E-state index in [0.29, 0.717) is 11.4 Å². The first-order chi connectivity index (χ1) is 16.3. The van der Waals surface area contributed by atoms with Crippen molar-refractivity contribution in [2.75, 3.05) is 16.6 Å². The van der Waals surface area contributed by atoms with E-state index in [-0.39, 0.29) is 23.0 Å². The largest absolute Gasteiger partial charge is 0.462 e. The Labute approximate surface area is 197 Å². The van der Waals surface area contributed by atoms with Gasteiger partial charge in [0.05, 0.1) is 22.7 Å². The van der Waals surface area contributed by atoms with Gasteiger partial charge in [-0.1, -0.05) is 12.1 Å². The van der Waals surface area contributed by atoms with Crippen LogP contribution in [0, 0.1) is 13.8 Å². The standard InChI is InChI=1S/C24H23N5O4S/c1-4-33-23(30)20-14-27-21-16(3)15(2)6-11-19(21)22(20)28-17-7-9-18(10-8-17)34(31,32)29-24-25-12-5-13-26-24/h5-14H,4H2,1-3H3,(H,27,28)(H,25,26,29). The molecule has 0 aliphatic heterocycles. The quantitative estimate of drug-likeness (QED) is 0.376. The summed E-state index contributed by atoms with van der Waals surface area (Å²) < 4.78 is 32.8. The summed E-state index contributed by atoms with van der Waals surface area (Å²) in [6.07, 6.45) is 4.39. The maximum Gasteiger partial charge on any atom is 0.341 e. The van der Waals surface area contributed by atoms with E-state index in [2.05, 4.69) is 25.0 Å². The number of carbonyl (C=O) groups is 1. The van der Waals surface area contributed by atoms with Crippen LogP contribution in [0.3, 0.4) is 0 Å². The van der Waals surface area contributed by atoms with Crippen molar-refractivity contribution >= 4 is 44.2 Å². The minimum absolute atomic E-state index is 0.0160. The molecule has 0 radical (unpaired) electrons. The molecule has 0 saturated heterocycles. The number of nitrogens with zero attached hydrogens (tertiary/aromatic N) is 3. The average Bonchev–Trinajstić information content (AvgIpc) is 2.82. The highest BCUT2D eigenvalue weighted by molar-refractivity contribution is 7.92. The number of ether oxygens (including phenoxy) is 1. The van der Waals surface area contributed by atoms with Gasteiger partial charge in [-0.05, 0) is 62.2 Å². The Morgan fingerprint density at radius 1 is 1.00 bits per heavy atom. The fourth-order valence-corrected chi connectivity index (χ4v) is 4.36. The first kappa shape index (κ1) is 23.1. The summed E-state index contributed by atoms with van der Waals surface area (Å²) in [5, 5.41) is 4.01. The van der Waals surface area contributed by atoms with Gasteiger partial charge in [-0.2, -0.15) is 0 Å². The molecule has 0 aliphatic rings. The van der Waals surface area contributed by atoms with Gasteiger partial charge in [0.25, 0.3) is 10.0 Å². The maximum absolute atomic E-state index is 12.6. The number of sulfonamides is 1. The van der Waals surface area contributed by atoms with Crippen molar-refractivity contribution in [1.82, 2.24) is 15.0 Å². The first-order valence-corrected chi connectivity index (χ1v) is 12.0. The molecule has 0 amide bonds. The zero-order valence-corrected chi connectivity index (χ0v) is 19.7. The van der Waals surface area contributed by atoms with Gasteiger partial charge in [0.15, 0.2) is 0 Å². The SMILES string of the molecule is CCOC(=O)c1cnc2c(C)c(C)ccc2c1Nc1ccc(S(=O)(=O)Nc2ncccn2)cc1. The number of pyridine rings is 1. The van der Waals surface area contributed by atoms with Crippen LogP contribution in [-0.4, -0.2) is 35.9 Å². The molecule has 0 atom stereocenters. The molecular formula is C24H23N5O4S. The van der Waals surface area contributed by atoms with Gasteiger partial charge in [-0.3, -0.25) is 4.98 Å². The Hall–Kier alpha value is -4.05. The summed E-state index contributed by atoms with van der Waals surface area (Å²) >= 11 is 0. The van der Waals surface area contributed by atoms with Crippen LogP contribution >= 0.6 is 0 Å². The zero-order valence-electron chi connectivity index (χ0n) is 18.9. The van der Waals surface area contributed by atoms with Gasteiger partial charge < -0.3 is 10.1 Å². The van der Waals surface area contributed by atoms with Crippen LogP contribution in [0.5, 0.6) is 0 Å². The normalized spacial score (nSPS) is 11.3. The van der Waals surface area contributed by atoms with Crippen LogP contribution < -0.4 is 10.0 Å². The van der Waals surface area contributed by atoms with Crippen molar-refractivity contribution < 1.29 is 17.9 Å². The highest BCUT2D eigenvalue weighted by Crippen LogP contribution is 2.32. The predicted octanol–water partition coefficient (Wildman–Crippen LogP) is 4.36. The number of rotatable bonds is 7. The summed E-state index contributed by atoms with van der Waals surface area (Å²) in [6.45, 7) is 5.94. The lowest BCUT2D eigenvalue weighted by atomic mass is 10.0. The van der Waals surface area contributed by atoms with Crippen LogP contribution in [0.25, 0.3) is 10.9 Å². The second-order valence-electron chi connectivity index (χ2n) is 7.50. The van der Waals surface area contributed by atoms with Crippen LogP contribution in [0.4, 0.5) is 17.3 Å². The third-order valence-electron chi connectivity index (χ3n) is 5.28. The first-order valence-electron chi connectivity index (χ1n) is 10.5. The zero-order chi connectivity index (χ0) is 24.3. The van der Waals surface area contributed by atoms with Gasteiger partial charge >= 0.3 is 5.97 Å². The van der Waals surface area contributed by atoms with E-state index < -0.39 is 16.0 Å². The topological polar surface area (TPSA) is 123 Å². The number of benzene rings is 2. The van der Waals surface area contributed by atoms with Gasteiger partial charge in [0.1, 0.15) is 5.56 Å². The molecule has 0 aliphatic carbocycles. The molecule has 174 valence electrons. The number of aryl methyl sites for hydroxylation is 2. The Balaban J connectivity index is 1.70. The van der Waals surface area contributed by atoms with Crippen LogP contribution in [0.15, 0.2) is 66.0 Å². The van der Waals surface area contributed by atoms with E-state index in [1.807, 2.05) is 26.0 Å². The summed E-state index contributed by atoms with van der Waals surface area (Å²) in [4.78, 5) is 24.9. The highest BCUT2D eigenvalue weighted by atomic mass is 32.2. The van der Waals surface area contributed by atoms with Gasteiger partial charge in [-0.15, -0.1) is 0 Å². The molecule has 2 heterocycles. The monoisotopic (exact) mass is 477 g/mol. The molecule has 0 bridgehead atoms. The Bertz CT molecular complexity index is 1460. The van der Waals surface area contributed by atoms with Crippen molar-refractivity contribution in [2.24, 2.45) is 0 Å². The van der Waals surface area contributed by atoms with Crippen molar-refractivity contribution in [3.8, 4) is 0 Å². The molecule has 2 N–H and O–H groups in total. The van der Waals surface area contributed by atoms with Gasteiger partial charge in [-0.25, -0.2) is 27.9 Å². The molecule has 34 heavy (non-hydrogen) atoms. The van der Waals surface area contributed by atoms with E-state index in [9.17, 15) is 13.2 Å². The third kappa shape index (κ3) is 4.67. The Morgan fingerprint density at radius 3 is 2.38 bits per heavy atom. The Morgan fingerprint density at radius 2 is 1.71 bits per heavy atom. The van der Waals surface area contributed by atoms with Crippen molar-refractivity contribution in [3.05, 3.63) is 77.7 Å². The lowest BCUT2D eigenvalue weighted by Crippen LogP contribution is -2.14. The number of esters is 1. The molecule has 4 rings (SSSR count). The van der Waals surface area contributed by atoms with Crippen LogP contribution in [0.1, 0.15) is 28.4 Å². The molecule has 2 aromatic carbocycles. The molecular weight excluding hydrogens is 454 g/mol. The smallest absolute Gasteiger partial charge is 0.341 e. The number of fused-ring (bicyclic) bond motifs is 1. The Kier molecular flexibility index (Phi) is 6.42. The van der Waals surface area contributed by atoms with Gasteiger partial charge in [0.2, 0.25) is 5.95 Å². The number of nitrogens with one attached hydrogen (secondary N) is 2. The summed E-state index contributed by atoms with van der Waals surface area (Å²) in [5.41, 5.74) is 4.27. The van der Waals surface area contributed by atoms with E-state index in [0.717, 1.165) is 22.0 Å². The summed E-state index contributed by atoms with van der Waals surface area (Å²) in [6, 6.07) is 11.6. The van der Waals surface area contributed by atoms with Crippen LogP contribution in [-0.2, 0) is 14.8 Å². The maximum atomic E-state index is 12.6. The lowest BCUT2D eigenvalue weighted by Gasteiger charge is -2.16. The molecule has 0 unspecified atom stereocenters. The lowest BCUT2D eigenvalue weighted by molar-refractivity contribution is 0.0527. The van der Waals surface area contributed by atoms with Crippen LogP contribution in [0.2, 0.25) is 0 Å². The van der Waals surface area contributed by atoms with Crippen molar-refractivity contribution in [3.63, 3.8) is 0 Å². The number of carbonyl (C=O) groups excluding carboxylic acids is 1. The molecule has 0 fully saturated rings. The van der Waals surface area contributed by atoms with Crippen molar-refractivity contribution in [2.45, 2.75) is 25.7 Å². The summed E-state index contributed by atoms with van der Waals surface area (Å²) in [5.74, 6) is -0.512. The summed E-state index contributed by atoms with van der Waals surface area (Å²) in [7, 11) is -3.86. The number of aromatic nitrogens is 3. The average molecular weight is 478 g/mol. The molecule has 10 heteroatoms. The fraction of sp³-hybridized carbons (Fsp3) is 0.167. The van der Waals surface area contributed by atoms with E-state index in [1.165, 1.54) is 30.7 Å². The number of hydrogen-bond donors (Lipinski definition) is 2. The minimum Gasteiger partial charge on any atom is -0.462 e. The predicted molar refractivity (Wildman–Crippen MR) is 130 cm³/mol. The van der Waals surface area contributed by atoms with E-state index in [1.54, 1.807) is 25.1 Å². The molecule has 4 aromatic rings. The van der Waals surface area contributed by atoms with Crippen molar-refractivity contribution in [1.29, 1.82) is 0 Å². The van der Waals surface area contributed by atoms with Gasteiger partial charge in [0, 0.05) is 29.7 Å². The third-order valence-corrected chi connectivity index (χ3v) is 6.63. The van der Waals surface area contributed by atoms with E-state index >= 15 is 0 Å². The number of anilines is 3. The van der Waals surface area contributed by atoms with E-state index in [4.69, 9.17) is 4.74 Å². The fourth-order valence-electron chi connectivity index (χ4n) is 3.40. The number of hydrogen-bond acceptors (Lipinski definition) is 8. The molecule has 0 spiro atoms. The molecule has 2 aromatic heterocycles. The minimum atomic E-state index is -3.86. The highest BCUT2D eigenvalue weighted by Gasteiger charge is 2.19. The molecule has 0 saturated carbocycles. The second kappa shape index (κ2) is 9.44. The second-order valence-corrected chi connectivity index (χ2v) is 9.18.